The van der Waals surface area contributed by atoms with Gasteiger partial charge in [-0.15, -0.1) is 0 Å². The third-order valence-corrected chi connectivity index (χ3v) is 3.83. The van der Waals surface area contributed by atoms with E-state index in [-0.39, 0.29) is 0 Å². The summed E-state index contributed by atoms with van der Waals surface area (Å²) >= 11 is 0. The fourth-order valence-corrected chi connectivity index (χ4v) is 2.48. The van der Waals surface area contributed by atoms with E-state index in [2.05, 4.69) is 52.9 Å². The maximum atomic E-state index is 4.48. The van der Waals surface area contributed by atoms with Crippen LogP contribution in [0.15, 0.2) is 54.7 Å². The minimum Gasteiger partial charge on any atom is -0.310 e. The second kappa shape index (κ2) is 4.76. The Hall–Kier alpha value is -2.13. The molecule has 0 aliphatic heterocycles. The number of rotatable bonds is 4. The second-order valence-electron chi connectivity index (χ2n) is 5.44. The Balaban J connectivity index is 1.61. The van der Waals surface area contributed by atoms with Crippen LogP contribution in [0.1, 0.15) is 18.4 Å². The number of aromatic nitrogens is 2. The minimum atomic E-state index is 0.754. The molecule has 0 saturated heterocycles. The van der Waals surface area contributed by atoms with Crippen LogP contribution in [-0.4, -0.2) is 15.8 Å². The van der Waals surface area contributed by atoms with E-state index < -0.39 is 0 Å². The summed E-state index contributed by atoms with van der Waals surface area (Å²) in [5.41, 5.74) is 3.59. The summed E-state index contributed by atoms with van der Waals surface area (Å²) in [4.78, 5) is 0. The number of benzene rings is 2. The molecule has 3 nitrogen and oxygen atoms in total. The predicted octanol–water partition coefficient (Wildman–Crippen LogP) is 3.28. The molecule has 2 aromatic carbocycles. The molecule has 1 aliphatic carbocycles. The maximum absolute atomic E-state index is 4.48. The van der Waals surface area contributed by atoms with Gasteiger partial charge in [-0.1, -0.05) is 30.3 Å². The average Bonchev–Trinajstić information content (AvgIpc) is 3.23. The highest BCUT2D eigenvalue weighted by Crippen LogP contribution is 2.20. The average molecular weight is 263 g/mol. The number of nitrogens with zero attached hydrogens (tertiary/aromatic N) is 2. The fraction of sp³-hybridized carbons (Fsp3) is 0.235. The Bertz CT molecular complexity index is 723. The van der Waals surface area contributed by atoms with Gasteiger partial charge in [-0.3, -0.25) is 0 Å². The van der Waals surface area contributed by atoms with Crippen molar-refractivity contribution >= 4 is 10.9 Å². The van der Waals surface area contributed by atoms with Crippen LogP contribution in [0.4, 0.5) is 0 Å². The smallest absolute Gasteiger partial charge is 0.0741 e. The van der Waals surface area contributed by atoms with Crippen molar-refractivity contribution in [3.8, 4) is 5.69 Å². The standard InChI is InChI=1S/C17H17N3/c1-2-4-17-14(3-1)12-19-20(17)16-9-5-13(6-10-16)11-18-15-7-8-15/h1-6,9-10,12,15,18H,7-8,11H2. The van der Waals surface area contributed by atoms with Crippen molar-refractivity contribution in [2.75, 3.05) is 0 Å². The van der Waals surface area contributed by atoms with E-state index in [0.717, 1.165) is 23.8 Å². The molecule has 1 aromatic heterocycles. The highest BCUT2D eigenvalue weighted by atomic mass is 15.3. The normalized spacial score (nSPS) is 14.8. The zero-order chi connectivity index (χ0) is 13.4. The van der Waals surface area contributed by atoms with Gasteiger partial charge in [-0.2, -0.15) is 5.10 Å². The van der Waals surface area contributed by atoms with Crippen LogP contribution >= 0.6 is 0 Å². The van der Waals surface area contributed by atoms with E-state index in [0.29, 0.717) is 0 Å². The fourth-order valence-electron chi connectivity index (χ4n) is 2.48. The van der Waals surface area contributed by atoms with Crippen molar-refractivity contribution in [1.29, 1.82) is 0 Å². The maximum Gasteiger partial charge on any atom is 0.0741 e. The molecule has 0 bridgehead atoms. The van der Waals surface area contributed by atoms with E-state index >= 15 is 0 Å². The topological polar surface area (TPSA) is 29.9 Å². The van der Waals surface area contributed by atoms with E-state index in [9.17, 15) is 0 Å². The highest BCUT2D eigenvalue weighted by Gasteiger charge is 2.19. The summed E-state index contributed by atoms with van der Waals surface area (Å²) in [6, 6.07) is 17.7. The van der Waals surface area contributed by atoms with Gasteiger partial charge in [0.05, 0.1) is 17.4 Å². The van der Waals surface area contributed by atoms with Crippen LogP contribution in [-0.2, 0) is 6.54 Å². The number of hydrogen-bond acceptors (Lipinski definition) is 2. The Morgan fingerprint density at radius 2 is 1.85 bits per heavy atom. The van der Waals surface area contributed by atoms with Crippen molar-refractivity contribution in [3.63, 3.8) is 0 Å². The molecule has 0 unspecified atom stereocenters. The van der Waals surface area contributed by atoms with E-state index in [4.69, 9.17) is 0 Å². The molecule has 0 spiro atoms. The van der Waals surface area contributed by atoms with Crippen molar-refractivity contribution in [2.24, 2.45) is 0 Å². The number of fused-ring (bicyclic) bond motifs is 1. The largest absolute Gasteiger partial charge is 0.310 e. The van der Waals surface area contributed by atoms with Gasteiger partial charge in [0.25, 0.3) is 0 Å². The summed E-state index contributed by atoms with van der Waals surface area (Å²) in [6.45, 7) is 0.963. The van der Waals surface area contributed by atoms with Gasteiger partial charge in [-0.05, 0) is 36.6 Å². The van der Waals surface area contributed by atoms with Crippen LogP contribution in [0.2, 0.25) is 0 Å². The first-order valence-electron chi connectivity index (χ1n) is 7.16. The summed E-state index contributed by atoms with van der Waals surface area (Å²) in [5, 5.41) is 9.19. The zero-order valence-electron chi connectivity index (χ0n) is 11.3. The van der Waals surface area contributed by atoms with E-state index in [1.807, 2.05) is 16.9 Å². The summed E-state index contributed by atoms with van der Waals surface area (Å²) < 4.78 is 1.99. The van der Waals surface area contributed by atoms with E-state index in [1.165, 1.54) is 23.8 Å². The number of nitrogens with one attached hydrogen (secondary N) is 1. The lowest BCUT2D eigenvalue weighted by atomic mass is 10.2. The molecule has 1 aliphatic rings. The molecule has 1 fully saturated rings. The predicted molar refractivity (Wildman–Crippen MR) is 80.9 cm³/mol. The van der Waals surface area contributed by atoms with Gasteiger partial charge >= 0.3 is 0 Å². The molecular weight excluding hydrogens is 246 g/mol. The van der Waals surface area contributed by atoms with Crippen LogP contribution in [0.3, 0.4) is 0 Å². The van der Waals surface area contributed by atoms with E-state index in [1.54, 1.807) is 0 Å². The van der Waals surface area contributed by atoms with Gasteiger partial charge < -0.3 is 5.32 Å². The molecule has 0 atom stereocenters. The third-order valence-electron chi connectivity index (χ3n) is 3.83. The summed E-state index contributed by atoms with van der Waals surface area (Å²) in [5.74, 6) is 0. The van der Waals surface area contributed by atoms with Crippen molar-refractivity contribution in [2.45, 2.75) is 25.4 Å². The van der Waals surface area contributed by atoms with Gasteiger partial charge in [-0.25, -0.2) is 4.68 Å². The Morgan fingerprint density at radius 3 is 2.65 bits per heavy atom. The lowest BCUT2D eigenvalue weighted by Gasteiger charge is -2.06. The molecule has 1 N–H and O–H groups in total. The van der Waals surface area contributed by atoms with Crippen LogP contribution < -0.4 is 5.32 Å². The Labute approximate surface area is 118 Å². The quantitative estimate of drug-likeness (QED) is 0.783. The lowest BCUT2D eigenvalue weighted by Crippen LogP contribution is -2.15. The molecule has 1 heterocycles. The highest BCUT2D eigenvalue weighted by molar-refractivity contribution is 5.80. The van der Waals surface area contributed by atoms with Crippen molar-refractivity contribution in [3.05, 3.63) is 60.3 Å². The number of hydrogen-bond donors (Lipinski definition) is 1. The van der Waals surface area contributed by atoms with Crippen LogP contribution in [0.25, 0.3) is 16.6 Å². The summed E-state index contributed by atoms with van der Waals surface area (Å²) in [7, 11) is 0. The lowest BCUT2D eigenvalue weighted by molar-refractivity contribution is 0.687. The minimum absolute atomic E-state index is 0.754. The monoisotopic (exact) mass is 263 g/mol. The van der Waals surface area contributed by atoms with Gasteiger partial charge in [0, 0.05) is 18.0 Å². The first-order chi connectivity index (χ1) is 9.90. The zero-order valence-corrected chi connectivity index (χ0v) is 11.3. The first-order valence-corrected chi connectivity index (χ1v) is 7.16. The van der Waals surface area contributed by atoms with Crippen molar-refractivity contribution in [1.82, 2.24) is 15.1 Å². The first kappa shape index (κ1) is 11.7. The summed E-state index contributed by atoms with van der Waals surface area (Å²) in [6.07, 6.45) is 4.58. The molecule has 20 heavy (non-hydrogen) atoms. The molecule has 1 saturated carbocycles. The van der Waals surface area contributed by atoms with Crippen molar-refractivity contribution < 1.29 is 0 Å². The third kappa shape index (κ3) is 2.21. The SMILES string of the molecule is c1ccc2c(c1)cnn2-c1ccc(CNC2CC2)cc1. The molecular formula is C17H17N3. The number of para-hydroxylation sites is 1. The molecule has 0 radical (unpaired) electrons. The van der Waals surface area contributed by atoms with Gasteiger partial charge in [0.2, 0.25) is 0 Å². The molecule has 3 aromatic rings. The molecule has 3 heteroatoms. The molecule has 4 rings (SSSR count). The molecule has 100 valence electrons. The Morgan fingerprint density at radius 1 is 1.05 bits per heavy atom. The Kier molecular flexibility index (Phi) is 2.78. The van der Waals surface area contributed by atoms with Crippen LogP contribution in [0, 0.1) is 0 Å². The molecule has 0 amide bonds. The van der Waals surface area contributed by atoms with Gasteiger partial charge in [0.15, 0.2) is 0 Å². The van der Waals surface area contributed by atoms with Crippen LogP contribution in [0.5, 0.6) is 0 Å². The second-order valence-corrected chi connectivity index (χ2v) is 5.44. The van der Waals surface area contributed by atoms with Gasteiger partial charge in [0.1, 0.15) is 0 Å².